The zero-order valence-corrected chi connectivity index (χ0v) is 24.9. The maximum absolute atomic E-state index is 5.04. The first-order valence-electron chi connectivity index (χ1n) is 15.2. The number of fused-ring (bicyclic) bond motifs is 2. The number of aromatic nitrogens is 3. The molecule has 1 aromatic heterocycles. The van der Waals surface area contributed by atoms with Gasteiger partial charge in [0, 0.05) is 16.7 Å². The van der Waals surface area contributed by atoms with Crippen LogP contribution in [0, 0.1) is 6.92 Å². The highest BCUT2D eigenvalue weighted by Crippen LogP contribution is 2.45. The Morgan fingerprint density at radius 1 is 0.311 bits per heavy atom. The molecule has 0 amide bonds. The van der Waals surface area contributed by atoms with Crippen LogP contribution in [0.15, 0.2) is 158 Å². The van der Waals surface area contributed by atoms with E-state index in [1.807, 2.05) is 60.7 Å². The summed E-state index contributed by atoms with van der Waals surface area (Å²) < 4.78 is 0. The molecule has 3 nitrogen and oxygen atoms in total. The van der Waals surface area contributed by atoms with Crippen LogP contribution in [0.1, 0.15) is 5.56 Å². The molecule has 212 valence electrons. The molecule has 8 rings (SSSR count). The molecule has 0 spiro atoms. The van der Waals surface area contributed by atoms with Crippen molar-refractivity contribution in [2.24, 2.45) is 0 Å². The molecule has 0 unspecified atom stereocenters. The van der Waals surface area contributed by atoms with Gasteiger partial charge in [-0.15, -0.1) is 0 Å². The molecule has 0 bridgehead atoms. The van der Waals surface area contributed by atoms with Crippen molar-refractivity contribution in [1.29, 1.82) is 0 Å². The Bertz CT molecular complexity index is 2240. The van der Waals surface area contributed by atoms with Crippen LogP contribution in [0.2, 0.25) is 0 Å². The first-order valence-corrected chi connectivity index (χ1v) is 15.2. The molecule has 45 heavy (non-hydrogen) atoms. The second-order valence-corrected chi connectivity index (χ2v) is 11.3. The van der Waals surface area contributed by atoms with Crippen LogP contribution in [-0.4, -0.2) is 15.0 Å². The smallest absolute Gasteiger partial charge is 0.164 e. The Morgan fingerprint density at radius 2 is 0.689 bits per heavy atom. The number of aryl methyl sites for hydroxylation is 1. The minimum Gasteiger partial charge on any atom is -0.208 e. The summed E-state index contributed by atoms with van der Waals surface area (Å²) in [5, 5.41) is 4.83. The Kier molecular flexibility index (Phi) is 6.69. The van der Waals surface area contributed by atoms with Gasteiger partial charge in [-0.3, -0.25) is 0 Å². The molecule has 0 N–H and O–H groups in total. The van der Waals surface area contributed by atoms with Crippen molar-refractivity contribution >= 4 is 21.5 Å². The fraction of sp³-hybridized carbons (Fsp3) is 0.0238. The van der Waals surface area contributed by atoms with Gasteiger partial charge in [-0.1, -0.05) is 157 Å². The highest BCUT2D eigenvalue weighted by molar-refractivity contribution is 6.22. The molecule has 0 aliphatic rings. The van der Waals surface area contributed by atoms with Gasteiger partial charge in [0.05, 0.1) is 0 Å². The third-order valence-corrected chi connectivity index (χ3v) is 8.35. The van der Waals surface area contributed by atoms with E-state index in [1.54, 1.807) is 0 Å². The third-order valence-electron chi connectivity index (χ3n) is 8.35. The van der Waals surface area contributed by atoms with Crippen LogP contribution in [-0.2, 0) is 0 Å². The summed E-state index contributed by atoms with van der Waals surface area (Å²) in [4.78, 5) is 15.0. The lowest BCUT2D eigenvalue weighted by atomic mass is 9.85. The second-order valence-electron chi connectivity index (χ2n) is 11.3. The molecular formula is C42H29N3. The SMILES string of the molecule is Cc1ccc2c(-c3ccccc3)c3cc(-c4nc(-c5ccccc5)nc(-c5ccccc5)n4)ccc3c(-c3ccccc3)c2c1. The highest BCUT2D eigenvalue weighted by atomic mass is 15.0. The Morgan fingerprint density at radius 3 is 1.16 bits per heavy atom. The number of benzene rings is 7. The van der Waals surface area contributed by atoms with E-state index in [4.69, 9.17) is 15.0 Å². The standard InChI is InChI=1S/C42H29N3/c1-28-22-24-34-36(26-28)38(29-14-6-2-7-15-29)35-25-23-33(27-37(35)39(34)30-16-8-3-9-17-30)42-44-40(31-18-10-4-11-19-31)43-41(45-42)32-20-12-5-13-21-32/h2-27H,1H3. The fourth-order valence-corrected chi connectivity index (χ4v) is 6.25. The number of rotatable bonds is 5. The van der Waals surface area contributed by atoms with Crippen molar-refractivity contribution in [3.05, 3.63) is 163 Å². The lowest BCUT2D eigenvalue weighted by Gasteiger charge is -2.19. The van der Waals surface area contributed by atoms with E-state index in [1.165, 1.54) is 44.0 Å². The topological polar surface area (TPSA) is 38.7 Å². The molecule has 1 heterocycles. The van der Waals surface area contributed by atoms with E-state index in [0.29, 0.717) is 17.5 Å². The van der Waals surface area contributed by atoms with E-state index in [-0.39, 0.29) is 0 Å². The zero-order valence-electron chi connectivity index (χ0n) is 24.9. The lowest BCUT2D eigenvalue weighted by molar-refractivity contribution is 1.07. The molecule has 0 saturated carbocycles. The Hall–Kier alpha value is -5.93. The molecule has 0 aliphatic carbocycles. The van der Waals surface area contributed by atoms with Crippen molar-refractivity contribution in [3.63, 3.8) is 0 Å². The van der Waals surface area contributed by atoms with E-state index in [0.717, 1.165) is 22.1 Å². The average molecular weight is 576 g/mol. The summed E-state index contributed by atoms with van der Waals surface area (Å²) in [6.45, 7) is 2.17. The van der Waals surface area contributed by atoms with Crippen LogP contribution < -0.4 is 0 Å². The van der Waals surface area contributed by atoms with E-state index in [9.17, 15) is 0 Å². The van der Waals surface area contributed by atoms with Gasteiger partial charge in [-0.2, -0.15) is 0 Å². The van der Waals surface area contributed by atoms with Gasteiger partial charge in [-0.05, 0) is 56.8 Å². The highest BCUT2D eigenvalue weighted by Gasteiger charge is 2.19. The first kappa shape index (κ1) is 26.7. The molecule has 0 atom stereocenters. The minimum absolute atomic E-state index is 0.647. The summed E-state index contributed by atoms with van der Waals surface area (Å²) >= 11 is 0. The van der Waals surface area contributed by atoms with E-state index < -0.39 is 0 Å². The van der Waals surface area contributed by atoms with Crippen LogP contribution in [0.4, 0.5) is 0 Å². The van der Waals surface area contributed by atoms with Gasteiger partial charge in [0.15, 0.2) is 17.5 Å². The molecular weight excluding hydrogens is 546 g/mol. The van der Waals surface area contributed by atoms with Gasteiger partial charge in [0.1, 0.15) is 0 Å². The zero-order chi connectivity index (χ0) is 30.2. The van der Waals surface area contributed by atoms with Gasteiger partial charge >= 0.3 is 0 Å². The predicted octanol–water partition coefficient (Wildman–Crippen LogP) is 10.8. The molecule has 0 fully saturated rings. The third kappa shape index (κ3) is 4.95. The van der Waals surface area contributed by atoms with Gasteiger partial charge in [-0.25, -0.2) is 15.0 Å². The van der Waals surface area contributed by atoms with Gasteiger partial charge in [0.25, 0.3) is 0 Å². The Balaban J connectivity index is 1.45. The summed E-state index contributed by atoms with van der Waals surface area (Å²) in [5.41, 5.74) is 8.92. The fourth-order valence-electron chi connectivity index (χ4n) is 6.25. The summed E-state index contributed by atoms with van der Waals surface area (Å²) in [7, 11) is 0. The molecule has 8 aromatic rings. The Labute approximate surface area is 262 Å². The van der Waals surface area contributed by atoms with E-state index >= 15 is 0 Å². The van der Waals surface area contributed by atoms with Crippen molar-refractivity contribution in [1.82, 2.24) is 15.0 Å². The quantitative estimate of drug-likeness (QED) is 0.192. The lowest BCUT2D eigenvalue weighted by Crippen LogP contribution is -2.00. The van der Waals surface area contributed by atoms with Crippen molar-refractivity contribution in [3.8, 4) is 56.4 Å². The molecule has 0 aliphatic heterocycles. The number of hydrogen-bond donors (Lipinski definition) is 0. The largest absolute Gasteiger partial charge is 0.208 e. The van der Waals surface area contributed by atoms with Crippen molar-refractivity contribution in [2.75, 3.05) is 0 Å². The maximum atomic E-state index is 5.04. The monoisotopic (exact) mass is 575 g/mol. The molecule has 0 saturated heterocycles. The van der Waals surface area contributed by atoms with E-state index in [2.05, 4.69) is 104 Å². The van der Waals surface area contributed by atoms with Crippen LogP contribution in [0.25, 0.3) is 78.0 Å². The van der Waals surface area contributed by atoms with Crippen LogP contribution in [0.5, 0.6) is 0 Å². The van der Waals surface area contributed by atoms with Crippen molar-refractivity contribution < 1.29 is 0 Å². The minimum atomic E-state index is 0.647. The number of hydrogen-bond acceptors (Lipinski definition) is 3. The first-order chi connectivity index (χ1) is 22.2. The van der Waals surface area contributed by atoms with Crippen molar-refractivity contribution in [2.45, 2.75) is 6.92 Å². The summed E-state index contributed by atoms with van der Waals surface area (Å²) in [6, 6.07) is 55.1. The van der Waals surface area contributed by atoms with Gasteiger partial charge in [0.2, 0.25) is 0 Å². The summed E-state index contributed by atoms with van der Waals surface area (Å²) in [5.74, 6) is 1.96. The summed E-state index contributed by atoms with van der Waals surface area (Å²) in [6.07, 6.45) is 0. The van der Waals surface area contributed by atoms with Crippen LogP contribution >= 0.6 is 0 Å². The average Bonchev–Trinajstić information content (AvgIpc) is 3.11. The molecule has 3 heteroatoms. The predicted molar refractivity (Wildman–Crippen MR) is 187 cm³/mol. The number of nitrogens with zero attached hydrogens (tertiary/aromatic N) is 3. The van der Waals surface area contributed by atoms with Crippen LogP contribution in [0.3, 0.4) is 0 Å². The maximum Gasteiger partial charge on any atom is 0.164 e. The second kappa shape index (κ2) is 11.3. The molecule has 7 aromatic carbocycles. The van der Waals surface area contributed by atoms with Gasteiger partial charge < -0.3 is 0 Å². The molecule has 0 radical (unpaired) electrons. The normalized spacial score (nSPS) is 11.2.